The monoisotopic (exact) mass is 173 g/mol. The second-order valence-electron chi connectivity index (χ2n) is 3.49. The maximum atomic E-state index is 5.73. The van der Waals surface area contributed by atoms with Gasteiger partial charge in [0.2, 0.25) is 0 Å². The van der Waals surface area contributed by atoms with Crippen molar-refractivity contribution in [1.29, 1.82) is 0 Å². The third-order valence-electron chi connectivity index (χ3n) is 2.65. The number of rotatable bonds is 2. The molecule has 0 aromatic rings. The Bertz CT molecular complexity index is 156. The first-order valence-electron chi connectivity index (χ1n) is 4.18. The van der Waals surface area contributed by atoms with Crippen LogP contribution in [0.5, 0.6) is 0 Å². The molecular formula is C9H16ClN. The van der Waals surface area contributed by atoms with Crippen molar-refractivity contribution in [2.45, 2.75) is 26.3 Å². The average molecular weight is 174 g/mol. The molecule has 2 atom stereocenters. The highest BCUT2D eigenvalue weighted by atomic mass is 35.5. The van der Waals surface area contributed by atoms with E-state index in [0.717, 1.165) is 17.5 Å². The van der Waals surface area contributed by atoms with Crippen molar-refractivity contribution in [3.63, 3.8) is 0 Å². The summed E-state index contributed by atoms with van der Waals surface area (Å²) in [6.07, 6.45) is 1.30. The van der Waals surface area contributed by atoms with Gasteiger partial charge in [-0.2, -0.15) is 0 Å². The average Bonchev–Trinajstić information content (AvgIpc) is 2.18. The maximum absolute atomic E-state index is 5.73. The van der Waals surface area contributed by atoms with Crippen LogP contribution in [-0.2, 0) is 0 Å². The largest absolute Gasteiger partial charge is 0.295 e. The third kappa shape index (κ3) is 2.21. The maximum Gasteiger partial charge on any atom is 0.0338 e. The van der Waals surface area contributed by atoms with Crippen molar-refractivity contribution in [1.82, 2.24) is 4.90 Å². The quantitative estimate of drug-likeness (QED) is 0.620. The molecule has 0 saturated carbocycles. The number of likely N-dealkylation sites (tertiary alicyclic amines) is 1. The first kappa shape index (κ1) is 9.08. The van der Waals surface area contributed by atoms with Gasteiger partial charge in [0, 0.05) is 17.6 Å². The molecule has 2 heteroatoms. The van der Waals surface area contributed by atoms with Crippen LogP contribution in [0.1, 0.15) is 20.3 Å². The molecule has 0 aliphatic carbocycles. The van der Waals surface area contributed by atoms with E-state index < -0.39 is 0 Å². The van der Waals surface area contributed by atoms with Gasteiger partial charge in [-0.05, 0) is 25.8 Å². The van der Waals surface area contributed by atoms with Crippen molar-refractivity contribution in [3.05, 3.63) is 11.6 Å². The van der Waals surface area contributed by atoms with Crippen LogP contribution in [0.15, 0.2) is 11.6 Å². The van der Waals surface area contributed by atoms with Crippen LogP contribution in [0.3, 0.4) is 0 Å². The lowest BCUT2D eigenvalue weighted by Crippen LogP contribution is -2.30. The fraction of sp³-hybridized carbons (Fsp3) is 0.778. The zero-order valence-electron chi connectivity index (χ0n) is 7.31. The number of hydrogen-bond donors (Lipinski definition) is 0. The highest BCUT2D eigenvalue weighted by molar-refractivity contribution is 6.29. The van der Waals surface area contributed by atoms with Gasteiger partial charge in [-0.3, -0.25) is 4.90 Å². The standard InChI is InChI=1S/C9H16ClN/c1-7-4-5-11(9(7)3)6-8(2)10/h7,9H,2,4-6H2,1,3H3. The van der Waals surface area contributed by atoms with Crippen LogP contribution in [0, 0.1) is 5.92 Å². The fourth-order valence-electron chi connectivity index (χ4n) is 1.62. The van der Waals surface area contributed by atoms with Gasteiger partial charge in [-0.25, -0.2) is 0 Å². The summed E-state index contributed by atoms with van der Waals surface area (Å²) in [6, 6.07) is 0.672. The smallest absolute Gasteiger partial charge is 0.0338 e. The van der Waals surface area contributed by atoms with E-state index in [0.29, 0.717) is 6.04 Å². The van der Waals surface area contributed by atoms with Crippen LogP contribution < -0.4 is 0 Å². The molecule has 0 amide bonds. The molecule has 0 radical (unpaired) electrons. The van der Waals surface area contributed by atoms with Gasteiger partial charge in [0.25, 0.3) is 0 Å². The van der Waals surface area contributed by atoms with Gasteiger partial charge in [0.1, 0.15) is 0 Å². The van der Waals surface area contributed by atoms with Crippen LogP contribution in [0.25, 0.3) is 0 Å². The van der Waals surface area contributed by atoms with E-state index in [-0.39, 0.29) is 0 Å². The number of hydrogen-bond acceptors (Lipinski definition) is 1. The minimum absolute atomic E-state index is 0.672. The van der Waals surface area contributed by atoms with E-state index in [1.54, 1.807) is 0 Å². The molecule has 0 bridgehead atoms. The molecule has 1 rings (SSSR count). The van der Waals surface area contributed by atoms with Crippen molar-refractivity contribution in [2.75, 3.05) is 13.1 Å². The van der Waals surface area contributed by atoms with Crippen LogP contribution >= 0.6 is 11.6 Å². The lowest BCUT2D eigenvalue weighted by Gasteiger charge is -2.22. The summed E-state index contributed by atoms with van der Waals surface area (Å²) >= 11 is 5.73. The molecule has 1 aliphatic rings. The fourth-order valence-corrected chi connectivity index (χ4v) is 1.77. The molecule has 1 saturated heterocycles. The molecule has 1 heterocycles. The topological polar surface area (TPSA) is 3.24 Å². The van der Waals surface area contributed by atoms with Crippen molar-refractivity contribution in [3.8, 4) is 0 Å². The Morgan fingerprint density at radius 3 is 2.64 bits per heavy atom. The highest BCUT2D eigenvalue weighted by Crippen LogP contribution is 2.24. The molecule has 1 aliphatic heterocycles. The van der Waals surface area contributed by atoms with Crippen molar-refractivity contribution < 1.29 is 0 Å². The molecule has 0 spiro atoms. The van der Waals surface area contributed by atoms with Crippen LogP contribution in [-0.4, -0.2) is 24.0 Å². The summed E-state index contributed by atoms with van der Waals surface area (Å²) in [5.41, 5.74) is 0. The van der Waals surface area contributed by atoms with E-state index in [1.807, 2.05) is 0 Å². The van der Waals surface area contributed by atoms with Gasteiger partial charge in [-0.1, -0.05) is 25.1 Å². The van der Waals surface area contributed by atoms with Crippen LogP contribution in [0.4, 0.5) is 0 Å². The van der Waals surface area contributed by atoms with Gasteiger partial charge in [0.05, 0.1) is 0 Å². The normalized spacial score (nSPS) is 32.6. The summed E-state index contributed by atoms with van der Waals surface area (Å²) in [5.74, 6) is 0.811. The predicted molar refractivity (Wildman–Crippen MR) is 49.8 cm³/mol. The second-order valence-corrected chi connectivity index (χ2v) is 4.03. The minimum Gasteiger partial charge on any atom is -0.295 e. The molecule has 1 nitrogen and oxygen atoms in total. The Labute approximate surface area is 74.0 Å². The predicted octanol–water partition coefficient (Wildman–Crippen LogP) is 2.47. The highest BCUT2D eigenvalue weighted by Gasteiger charge is 2.26. The van der Waals surface area contributed by atoms with E-state index in [1.165, 1.54) is 13.0 Å². The SMILES string of the molecule is C=C(Cl)CN1CCC(C)C1C. The summed E-state index contributed by atoms with van der Waals surface area (Å²) in [6.45, 7) is 10.3. The van der Waals surface area contributed by atoms with E-state index in [9.17, 15) is 0 Å². The lowest BCUT2D eigenvalue weighted by atomic mass is 10.1. The molecule has 11 heavy (non-hydrogen) atoms. The van der Waals surface area contributed by atoms with Crippen molar-refractivity contribution >= 4 is 11.6 Å². The summed E-state index contributed by atoms with van der Waals surface area (Å²) in [7, 11) is 0. The molecule has 1 fully saturated rings. The Hall–Kier alpha value is -0.0100. The number of halogens is 1. The van der Waals surface area contributed by atoms with E-state index in [4.69, 9.17) is 11.6 Å². The third-order valence-corrected chi connectivity index (χ3v) is 2.77. The minimum atomic E-state index is 0.672. The van der Waals surface area contributed by atoms with Gasteiger partial charge in [0.15, 0.2) is 0 Å². The van der Waals surface area contributed by atoms with E-state index >= 15 is 0 Å². The zero-order valence-corrected chi connectivity index (χ0v) is 8.06. The first-order chi connectivity index (χ1) is 5.11. The molecule has 0 aromatic carbocycles. The van der Waals surface area contributed by atoms with Gasteiger partial charge in [-0.15, -0.1) is 0 Å². The first-order valence-corrected chi connectivity index (χ1v) is 4.56. The molecular weight excluding hydrogens is 158 g/mol. The van der Waals surface area contributed by atoms with Gasteiger partial charge >= 0.3 is 0 Å². The zero-order chi connectivity index (χ0) is 8.43. The second kappa shape index (κ2) is 3.59. The molecule has 64 valence electrons. The lowest BCUT2D eigenvalue weighted by molar-refractivity contribution is 0.271. The van der Waals surface area contributed by atoms with E-state index in [2.05, 4.69) is 25.3 Å². The van der Waals surface area contributed by atoms with Crippen LogP contribution in [0.2, 0.25) is 0 Å². The Morgan fingerprint density at radius 2 is 2.27 bits per heavy atom. The van der Waals surface area contributed by atoms with Crippen molar-refractivity contribution in [2.24, 2.45) is 5.92 Å². The Balaban J connectivity index is 2.42. The molecule has 2 unspecified atom stereocenters. The summed E-state index contributed by atoms with van der Waals surface area (Å²) < 4.78 is 0. The Kier molecular flexibility index (Phi) is 2.97. The summed E-state index contributed by atoms with van der Waals surface area (Å²) in [5, 5.41) is 0.756. The van der Waals surface area contributed by atoms with Gasteiger partial charge < -0.3 is 0 Å². The Morgan fingerprint density at radius 1 is 1.64 bits per heavy atom. The number of nitrogens with zero attached hydrogens (tertiary/aromatic N) is 1. The molecule has 0 N–H and O–H groups in total. The molecule has 0 aromatic heterocycles. The summed E-state index contributed by atoms with van der Waals surface area (Å²) in [4.78, 5) is 2.39.